The van der Waals surface area contributed by atoms with E-state index in [9.17, 15) is 4.79 Å². The molecule has 2 aromatic rings. The summed E-state index contributed by atoms with van der Waals surface area (Å²) in [6, 6.07) is 14.8. The second-order valence-electron chi connectivity index (χ2n) is 6.94. The molecule has 0 aliphatic carbocycles. The fraction of sp³-hybridized carbons (Fsp3) is 0.458. The monoisotopic (exact) mass is 383 g/mol. The van der Waals surface area contributed by atoms with Crippen molar-refractivity contribution in [3.63, 3.8) is 0 Å². The number of para-hydroxylation sites is 2. The third-order valence-corrected chi connectivity index (χ3v) is 4.52. The molecule has 1 amide bonds. The minimum absolute atomic E-state index is 0.155. The maximum absolute atomic E-state index is 12.6. The van der Waals surface area contributed by atoms with Crippen LogP contribution in [0.1, 0.15) is 69.2 Å². The van der Waals surface area contributed by atoms with Gasteiger partial charge < -0.3 is 14.8 Å². The molecule has 0 aliphatic rings. The van der Waals surface area contributed by atoms with Gasteiger partial charge in [0.25, 0.3) is 5.91 Å². The molecule has 0 aromatic heterocycles. The molecule has 0 radical (unpaired) electrons. The Morgan fingerprint density at radius 3 is 2.21 bits per heavy atom. The number of hydrogen-bond donors (Lipinski definition) is 1. The molecule has 0 fully saturated rings. The number of nitrogens with one attached hydrogen (secondary N) is 1. The highest BCUT2D eigenvalue weighted by atomic mass is 16.5. The van der Waals surface area contributed by atoms with Crippen molar-refractivity contribution in [2.75, 3.05) is 18.5 Å². The molecule has 1 N–H and O–H groups in total. The van der Waals surface area contributed by atoms with Gasteiger partial charge in [-0.25, -0.2) is 0 Å². The SMILES string of the molecule is CCCCCCCOc1ccc(C(=O)Nc2ccccc2OCCCC)cc1. The van der Waals surface area contributed by atoms with Crippen LogP contribution in [0.3, 0.4) is 0 Å². The van der Waals surface area contributed by atoms with Crippen LogP contribution in [0.5, 0.6) is 11.5 Å². The Morgan fingerprint density at radius 1 is 0.786 bits per heavy atom. The van der Waals surface area contributed by atoms with Gasteiger partial charge in [0, 0.05) is 5.56 Å². The summed E-state index contributed by atoms with van der Waals surface area (Å²) in [5.41, 5.74) is 1.29. The van der Waals surface area contributed by atoms with Gasteiger partial charge in [-0.15, -0.1) is 0 Å². The summed E-state index contributed by atoms with van der Waals surface area (Å²) in [4.78, 5) is 12.6. The number of anilines is 1. The molecule has 0 heterocycles. The largest absolute Gasteiger partial charge is 0.494 e. The summed E-state index contributed by atoms with van der Waals surface area (Å²) < 4.78 is 11.5. The first-order valence-corrected chi connectivity index (χ1v) is 10.5. The van der Waals surface area contributed by atoms with Crippen LogP contribution in [0.4, 0.5) is 5.69 Å². The molecule has 28 heavy (non-hydrogen) atoms. The first-order chi connectivity index (χ1) is 13.7. The summed E-state index contributed by atoms with van der Waals surface area (Å²) in [5, 5.41) is 2.94. The van der Waals surface area contributed by atoms with Gasteiger partial charge >= 0.3 is 0 Å². The summed E-state index contributed by atoms with van der Waals surface area (Å²) in [6.07, 6.45) is 8.13. The molecule has 0 atom stereocenters. The van der Waals surface area contributed by atoms with E-state index in [2.05, 4.69) is 19.2 Å². The van der Waals surface area contributed by atoms with Crippen molar-refractivity contribution >= 4 is 11.6 Å². The fourth-order valence-corrected chi connectivity index (χ4v) is 2.81. The molecule has 2 aromatic carbocycles. The zero-order valence-corrected chi connectivity index (χ0v) is 17.2. The van der Waals surface area contributed by atoms with Crippen molar-refractivity contribution in [3.05, 3.63) is 54.1 Å². The zero-order chi connectivity index (χ0) is 20.0. The highest BCUT2D eigenvalue weighted by molar-refractivity contribution is 6.05. The maximum atomic E-state index is 12.6. The van der Waals surface area contributed by atoms with Gasteiger partial charge in [0.15, 0.2) is 0 Å². The maximum Gasteiger partial charge on any atom is 0.255 e. The quantitative estimate of drug-likeness (QED) is 0.403. The van der Waals surface area contributed by atoms with Crippen LogP contribution in [0, 0.1) is 0 Å². The molecule has 2 rings (SSSR count). The van der Waals surface area contributed by atoms with Crippen molar-refractivity contribution in [1.82, 2.24) is 0 Å². The number of carbonyl (C=O) groups excluding carboxylic acids is 1. The summed E-state index contributed by atoms with van der Waals surface area (Å²) in [5.74, 6) is 1.35. The molecular formula is C24H33NO3. The highest BCUT2D eigenvalue weighted by Gasteiger charge is 2.10. The number of amides is 1. The predicted octanol–water partition coefficient (Wildman–Crippen LogP) is 6.47. The lowest BCUT2D eigenvalue weighted by Crippen LogP contribution is -2.13. The number of hydrogen-bond acceptors (Lipinski definition) is 3. The van der Waals surface area contributed by atoms with Crippen molar-refractivity contribution in [3.8, 4) is 11.5 Å². The van der Waals surface area contributed by atoms with Gasteiger partial charge in [-0.1, -0.05) is 58.1 Å². The van der Waals surface area contributed by atoms with E-state index in [0.29, 0.717) is 23.6 Å². The lowest BCUT2D eigenvalue weighted by Gasteiger charge is -2.12. The van der Waals surface area contributed by atoms with Crippen LogP contribution in [0.15, 0.2) is 48.5 Å². The number of rotatable bonds is 13. The average molecular weight is 384 g/mol. The van der Waals surface area contributed by atoms with Crippen molar-refractivity contribution in [2.24, 2.45) is 0 Å². The van der Waals surface area contributed by atoms with Gasteiger partial charge in [-0.05, 0) is 49.2 Å². The highest BCUT2D eigenvalue weighted by Crippen LogP contribution is 2.25. The first-order valence-electron chi connectivity index (χ1n) is 10.5. The van der Waals surface area contributed by atoms with Gasteiger partial charge in [0.2, 0.25) is 0 Å². The molecule has 0 bridgehead atoms. The Labute approximate surface area is 169 Å². The average Bonchev–Trinajstić information content (AvgIpc) is 2.72. The summed E-state index contributed by atoms with van der Waals surface area (Å²) >= 11 is 0. The third-order valence-electron chi connectivity index (χ3n) is 4.52. The number of carbonyl (C=O) groups is 1. The molecule has 0 saturated carbocycles. The molecule has 0 spiro atoms. The molecular weight excluding hydrogens is 350 g/mol. The molecule has 152 valence electrons. The minimum atomic E-state index is -0.155. The summed E-state index contributed by atoms with van der Waals surface area (Å²) in [7, 11) is 0. The minimum Gasteiger partial charge on any atom is -0.494 e. The van der Waals surface area contributed by atoms with E-state index < -0.39 is 0 Å². The van der Waals surface area contributed by atoms with E-state index in [-0.39, 0.29) is 5.91 Å². The van der Waals surface area contributed by atoms with Crippen LogP contribution >= 0.6 is 0 Å². The van der Waals surface area contributed by atoms with Crippen molar-refractivity contribution < 1.29 is 14.3 Å². The van der Waals surface area contributed by atoms with Crippen LogP contribution in [0.25, 0.3) is 0 Å². The van der Waals surface area contributed by atoms with E-state index in [1.807, 2.05) is 36.4 Å². The second-order valence-corrected chi connectivity index (χ2v) is 6.94. The molecule has 0 unspecified atom stereocenters. The van der Waals surface area contributed by atoms with Gasteiger partial charge in [0.05, 0.1) is 18.9 Å². The van der Waals surface area contributed by atoms with Gasteiger partial charge in [-0.2, -0.15) is 0 Å². The zero-order valence-electron chi connectivity index (χ0n) is 17.2. The Kier molecular flexibility index (Phi) is 9.98. The number of ether oxygens (including phenoxy) is 2. The second kappa shape index (κ2) is 12.8. The van der Waals surface area contributed by atoms with Crippen LogP contribution in [0.2, 0.25) is 0 Å². The lowest BCUT2D eigenvalue weighted by atomic mass is 10.1. The number of benzene rings is 2. The van der Waals surface area contributed by atoms with Crippen LogP contribution < -0.4 is 14.8 Å². The first kappa shape index (κ1) is 21.8. The van der Waals surface area contributed by atoms with Gasteiger partial charge in [0.1, 0.15) is 11.5 Å². The Balaban J connectivity index is 1.84. The van der Waals surface area contributed by atoms with E-state index in [0.717, 1.165) is 31.6 Å². The summed E-state index contributed by atoms with van der Waals surface area (Å²) in [6.45, 7) is 5.70. The smallest absolute Gasteiger partial charge is 0.255 e. The van der Waals surface area contributed by atoms with Crippen LogP contribution in [-0.4, -0.2) is 19.1 Å². The van der Waals surface area contributed by atoms with Crippen molar-refractivity contribution in [2.45, 2.75) is 58.8 Å². The molecule has 0 aliphatic heterocycles. The fourth-order valence-electron chi connectivity index (χ4n) is 2.81. The Bertz CT molecular complexity index is 697. The molecule has 0 saturated heterocycles. The standard InChI is InChI=1S/C24H33NO3/c1-3-5-7-8-11-19-27-21-16-14-20(15-17-21)24(26)25-22-12-9-10-13-23(22)28-18-6-4-2/h9-10,12-17H,3-8,11,18-19H2,1-2H3,(H,25,26). The topological polar surface area (TPSA) is 47.6 Å². The van der Waals surface area contributed by atoms with E-state index in [1.165, 1.54) is 25.7 Å². The van der Waals surface area contributed by atoms with E-state index in [4.69, 9.17) is 9.47 Å². The van der Waals surface area contributed by atoms with Crippen molar-refractivity contribution in [1.29, 1.82) is 0 Å². The molecule has 4 heteroatoms. The Hall–Kier alpha value is -2.49. The lowest BCUT2D eigenvalue weighted by molar-refractivity contribution is 0.102. The Morgan fingerprint density at radius 2 is 1.46 bits per heavy atom. The van der Waals surface area contributed by atoms with Crippen LogP contribution in [-0.2, 0) is 0 Å². The van der Waals surface area contributed by atoms with Gasteiger partial charge in [-0.3, -0.25) is 4.79 Å². The number of unbranched alkanes of at least 4 members (excludes halogenated alkanes) is 5. The van der Waals surface area contributed by atoms with E-state index >= 15 is 0 Å². The molecule has 4 nitrogen and oxygen atoms in total. The normalized spacial score (nSPS) is 10.5. The third kappa shape index (κ3) is 7.63. The van der Waals surface area contributed by atoms with E-state index in [1.54, 1.807) is 12.1 Å². The predicted molar refractivity (Wildman–Crippen MR) is 115 cm³/mol.